The maximum absolute atomic E-state index is 6.52. The predicted octanol–water partition coefficient (Wildman–Crippen LogP) is 3.79. The zero-order valence-electron chi connectivity index (χ0n) is 13.0. The lowest BCUT2D eigenvalue weighted by Crippen LogP contribution is -2.56. The van der Waals surface area contributed by atoms with Gasteiger partial charge in [0.15, 0.2) is 0 Å². The fourth-order valence-electron chi connectivity index (χ4n) is 3.21. The lowest BCUT2D eigenvalue weighted by atomic mass is 9.85. The van der Waals surface area contributed by atoms with E-state index in [0.29, 0.717) is 6.04 Å². The van der Waals surface area contributed by atoms with Gasteiger partial charge in [0.25, 0.3) is 0 Å². The number of hydrogen-bond donors (Lipinski definition) is 1. The van der Waals surface area contributed by atoms with E-state index in [9.17, 15) is 0 Å². The van der Waals surface area contributed by atoms with Gasteiger partial charge >= 0.3 is 0 Å². The van der Waals surface area contributed by atoms with Crippen LogP contribution in [-0.2, 0) is 0 Å². The average Bonchev–Trinajstić information content (AvgIpc) is 2.57. The molecule has 1 aliphatic heterocycles. The Kier molecular flexibility index (Phi) is 6.65. The highest BCUT2D eigenvalue weighted by molar-refractivity contribution is 4.93. The van der Waals surface area contributed by atoms with Crippen LogP contribution < -0.4 is 5.73 Å². The van der Waals surface area contributed by atoms with Gasteiger partial charge in [-0.2, -0.15) is 0 Å². The maximum Gasteiger partial charge on any atom is 0.0304 e. The van der Waals surface area contributed by atoms with Gasteiger partial charge in [0.2, 0.25) is 0 Å². The molecule has 0 aromatic rings. The highest BCUT2D eigenvalue weighted by atomic mass is 15.2. The number of nitrogens with two attached hydrogens (primary N) is 1. The number of nitrogens with zero attached hydrogens (tertiary/aromatic N) is 1. The Morgan fingerprint density at radius 1 is 1.11 bits per heavy atom. The van der Waals surface area contributed by atoms with Crippen molar-refractivity contribution in [1.29, 1.82) is 0 Å². The summed E-state index contributed by atoms with van der Waals surface area (Å²) in [6, 6.07) is 0.303. The van der Waals surface area contributed by atoms with Crippen molar-refractivity contribution in [2.24, 2.45) is 11.7 Å². The molecule has 0 spiro atoms. The summed E-state index contributed by atoms with van der Waals surface area (Å²) in [6.07, 6.45) is 9.24. The quantitative estimate of drug-likeness (QED) is 0.781. The summed E-state index contributed by atoms with van der Waals surface area (Å²) in [7, 11) is 0. The van der Waals surface area contributed by atoms with Gasteiger partial charge in [-0.05, 0) is 52.1 Å². The lowest BCUT2D eigenvalue weighted by Gasteiger charge is -2.43. The van der Waals surface area contributed by atoms with Crippen LogP contribution in [0.4, 0.5) is 0 Å². The molecule has 1 heterocycles. The van der Waals surface area contributed by atoms with Crippen LogP contribution in [0, 0.1) is 5.92 Å². The van der Waals surface area contributed by atoms with Crippen molar-refractivity contribution in [3.05, 3.63) is 0 Å². The van der Waals surface area contributed by atoms with E-state index in [0.717, 1.165) is 12.3 Å². The number of rotatable bonds is 6. The van der Waals surface area contributed by atoms with Crippen LogP contribution in [-0.4, -0.2) is 29.6 Å². The van der Waals surface area contributed by atoms with Crippen LogP contribution in [0.25, 0.3) is 0 Å². The lowest BCUT2D eigenvalue weighted by molar-refractivity contribution is 0.0886. The van der Waals surface area contributed by atoms with Gasteiger partial charge < -0.3 is 5.73 Å². The molecule has 18 heavy (non-hydrogen) atoms. The highest BCUT2D eigenvalue weighted by Gasteiger charge is 2.33. The summed E-state index contributed by atoms with van der Waals surface area (Å²) in [6.45, 7) is 11.8. The molecule has 0 radical (unpaired) electrons. The zero-order valence-corrected chi connectivity index (χ0v) is 13.0. The first-order valence-corrected chi connectivity index (χ1v) is 7.99. The van der Waals surface area contributed by atoms with Crippen molar-refractivity contribution in [2.45, 2.75) is 84.2 Å². The number of hydrogen-bond acceptors (Lipinski definition) is 2. The van der Waals surface area contributed by atoms with Crippen LogP contribution in [0.3, 0.4) is 0 Å². The van der Waals surface area contributed by atoms with Crippen LogP contribution >= 0.6 is 0 Å². The molecule has 108 valence electrons. The van der Waals surface area contributed by atoms with Gasteiger partial charge in [0.1, 0.15) is 0 Å². The van der Waals surface area contributed by atoms with Gasteiger partial charge in [-0.1, -0.05) is 39.5 Å². The Hall–Kier alpha value is -0.0800. The SMILES string of the molecule is CCCC(C)CC(N)C(C)(C)N1CCCCCC1. The summed E-state index contributed by atoms with van der Waals surface area (Å²) in [5, 5.41) is 0. The van der Waals surface area contributed by atoms with Crippen molar-refractivity contribution in [3.63, 3.8) is 0 Å². The minimum atomic E-state index is 0.159. The van der Waals surface area contributed by atoms with Gasteiger partial charge in [-0.3, -0.25) is 4.90 Å². The molecule has 0 aromatic heterocycles. The predicted molar refractivity (Wildman–Crippen MR) is 80.8 cm³/mol. The first-order valence-electron chi connectivity index (χ1n) is 7.99. The highest BCUT2D eigenvalue weighted by Crippen LogP contribution is 2.26. The second-order valence-electron chi connectivity index (χ2n) is 6.79. The fraction of sp³-hybridized carbons (Fsp3) is 1.00. The third-order valence-electron chi connectivity index (χ3n) is 4.77. The van der Waals surface area contributed by atoms with E-state index >= 15 is 0 Å². The molecule has 2 unspecified atom stereocenters. The maximum atomic E-state index is 6.52. The summed E-state index contributed by atoms with van der Waals surface area (Å²) in [5.74, 6) is 0.760. The monoisotopic (exact) mass is 254 g/mol. The molecular weight excluding hydrogens is 220 g/mol. The first kappa shape index (κ1) is 16.0. The van der Waals surface area contributed by atoms with Crippen molar-refractivity contribution in [1.82, 2.24) is 4.90 Å². The van der Waals surface area contributed by atoms with Crippen LogP contribution in [0.1, 0.15) is 72.6 Å². The molecule has 1 aliphatic rings. The standard InChI is InChI=1S/C16H34N2/c1-5-10-14(2)13-15(17)16(3,4)18-11-8-6-7-9-12-18/h14-15H,5-13,17H2,1-4H3. The first-order chi connectivity index (χ1) is 8.48. The molecule has 2 N–H and O–H groups in total. The van der Waals surface area contributed by atoms with E-state index in [1.165, 1.54) is 51.6 Å². The largest absolute Gasteiger partial charge is 0.326 e. The molecule has 0 saturated carbocycles. The normalized spacial score (nSPS) is 22.5. The zero-order chi connectivity index (χ0) is 13.6. The summed E-state index contributed by atoms with van der Waals surface area (Å²) < 4.78 is 0. The second-order valence-corrected chi connectivity index (χ2v) is 6.79. The van der Waals surface area contributed by atoms with Crippen molar-refractivity contribution in [2.75, 3.05) is 13.1 Å². The van der Waals surface area contributed by atoms with Crippen LogP contribution in [0.15, 0.2) is 0 Å². The Morgan fingerprint density at radius 3 is 2.17 bits per heavy atom. The van der Waals surface area contributed by atoms with E-state index in [4.69, 9.17) is 5.73 Å². The third kappa shape index (κ3) is 4.55. The number of likely N-dealkylation sites (tertiary alicyclic amines) is 1. The second kappa shape index (κ2) is 7.49. The molecular formula is C16H34N2. The van der Waals surface area contributed by atoms with Gasteiger partial charge in [0.05, 0.1) is 0 Å². The van der Waals surface area contributed by atoms with Crippen molar-refractivity contribution >= 4 is 0 Å². The molecule has 0 amide bonds. The smallest absolute Gasteiger partial charge is 0.0304 e. The molecule has 2 heteroatoms. The summed E-state index contributed by atoms with van der Waals surface area (Å²) >= 11 is 0. The van der Waals surface area contributed by atoms with Gasteiger partial charge in [-0.25, -0.2) is 0 Å². The third-order valence-corrected chi connectivity index (χ3v) is 4.77. The van der Waals surface area contributed by atoms with Crippen molar-refractivity contribution < 1.29 is 0 Å². The van der Waals surface area contributed by atoms with Crippen molar-refractivity contribution in [3.8, 4) is 0 Å². The molecule has 1 saturated heterocycles. The van der Waals surface area contributed by atoms with Gasteiger partial charge in [-0.15, -0.1) is 0 Å². The van der Waals surface area contributed by atoms with Crippen LogP contribution in [0.2, 0.25) is 0 Å². The molecule has 2 nitrogen and oxygen atoms in total. The Balaban J connectivity index is 2.53. The Morgan fingerprint density at radius 2 is 1.67 bits per heavy atom. The van der Waals surface area contributed by atoms with Gasteiger partial charge in [0, 0.05) is 11.6 Å². The van der Waals surface area contributed by atoms with Crippen LogP contribution in [0.5, 0.6) is 0 Å². The fourth-order valence-corrected chi connectivity index (χ4v) is 3.21. The topological polar surface area (TPSA) is 29.3 Å². The average molecular weight is 254 g/mol. The molecule has 0 aliphatic carbocycles. The summed E-state index contributed by atoms with van der Waals surface area (Å²) in [4.78, 5) is 2.64. The van der Waals surface area contributed by atoms with E-state index in [1.807, 2.05) is 0 Å². The van der Waals surface area contributed by atoms with E-state index in [-0.39, 0.29) is 5.54 Å². The summed E-state index contributed by atoms with van der Waals surface area (Å²) in [5.41, 5.74) is 6.68. The Labute approximate surface area is 114 Å². The van der Waals surface area contributed by atoms with E-state index < -0.39 is 0 Å². The van der Waals surface area contributed by atoms with E-state index in [1.54, 1.807) is 0 Å². The molecule has 0 bridgehead atoms. The minimum absolute atomic E-state index is 0.159. The molecule has 1 fully saturated rings. The Bertz CT molecular complexity index is 217. The molecule has 0 aromatic carbocycles. The molecule has 1 rings (SSSR count). The van der Waals surface area contributed by atoms with E-state index in [2.05, 4.69) is 32.6 Å². The minimum Gasteiger partial charge on any atom is -0.326 e. The molecule has 2 atom stereocenters.